The van der Waals surface area contributed by atoms with Gasteiger partial charge in [0.2, 0.25) is 0 Å². The minimum absolute atomic E-state index is 0.0336. The fraction of sp³-hybridized carbons (Fsp3) is 0.246. The maximum Gasteiger partial charge on any atom is 0.131 e. The van der Waals surface area contributed by atoms with Crippen LogP contribution in [-0.4, -0.2) is 23.4 Å². The Kier molecular flexibility index (Phi) is 14.3. The molecule has 0 aliphatic heterocycles. The van der Waals surface area contributed by atoms with Crippen molar-refractivity contribution in [2.24, 2.45) is 5.92 Å². The zero-order valence-electron chi connectivity index (χ0n) is 38.5. The summed E-state index contributed by atoms with van der Waals surface area (Å²) in [5.41, 5.74) is 11.5. The molecule has 4 heteroatoms. The van der Waals surface area contributed by atoms with E-state index in [1.807, 2.05) is 42.5 Å². The minimum Gasteiger partial charge on any atom is -0.507 e. The van der Waals surface area contributed by atoms with E-state index in [4.69, 9.17) is 9.47 Å². The minimum atomic E-state index is -0.0336. The second-order valence-corrected chi connectivity index (χ2v) is 17.6. The molecule has 8 aromatic carbocycles. The third-order valence-corrected chi connectivity index (χ3v) is 12.9. The summed E-state index contributed by atoms with van der Waals surface area (Å²) in [4.78, 5) is 0. The normalized spacial score (nSPS) is 11.8. The number of hydrogen-bond donors (Lipinski definition) is 2. The summed E-state index contributed by atoms with van der Waals surface area (Å²) >= 11 is 0. The van der Waals surface area contributed by atoms with Crippen LogP contribution in [0, 0.1) is 19.8 Å². The van der Waals surface area contributed by atoms with Crippen LogP contribution < -0.4 is 9.47 Å². The first-order chi connectivity index (χ1) is 31.8. The molecule has 0 radical (unpaired) electrons. The number of aromatic hydroxyl groups is 2. The second-order valence-electron chi connectivity index (χ2n) is 17.6. The monoisotopic (exact) mass is 858 g/mol. The van der Waals surface area contributed by atoms with E-state index in [0.717, 1.165) is 122 Å². The van der Waals surface area contributed by atoms with Gasteiger partial charge in [-0.05, 0) is 125 Å². The lowest BCUT2D eigenvalue weighted by Gasteiger charge is -2.22. The Morgan fingerprint density at radius 2 is 0.954 bits per heavy atom. The van der Waals surface area contributed by atoms with E-state index >= 15 is 0 Å². The van der Waals surface area contributed by atoms with E-state index in [2.05, 4.69) is 143 Å². The van der Waals surface area contributed by atoms with E-state index in [9.17, 15) is 10.2 Å². The molecule has 0 fully saturated rings. The number of phenolic OH excluding ortho intramolecular Hbond substituents is 2. The maximum atomic E-state index is 12.2. The number of phenols is 2. The number of benzene rings is 8. The zero-order valence-corrected chi connectivity index (χ0v) is 38.5. The molecule has 0 amide bonds. The summed E-state index contributed by atoms with van der Waals surface area (Å²) in [5, 5.41) is 28.9. The van der Waals surface area contributed by atoms with Crippen LogP contribution in [0.15, 0.2) is 158 Å². The smallest absolute Gasteiger partial charge is 0.131 e. The molecule has 65 heavy (non-hydrogen) atoms. The van der Waals surface area contributed by atoms with E-state index < -0.39 is 0 Å². The third-order valence-electron chi connectivity index (χ3n) is 12.9. The van der Waals surface area contributed by atoms with Gasteiger partial charge in [-0.15, -0.1) is 6.58 Å². The lowest BCUT2D eigenvalue weighted by Crippen LogP contribution is -2.20. The van der Waals surface area contributed by atoms with Gasteiger partial charge in [0, 0.05) is 39.3 Å². The first kappa shape index (κ1) is 44.8. The van der Waals surface area contributed by atoms with Crippen LogP contribution in [-0.2, 0) is 12.8 Å². The lowest BCUT2D eigenvalue weighted by atomic mass is 9.90. The van der Waals surface area contributed by atoms with Gasteiger partial charge in [0.05, 0.1) is 13.2 Å². The van der Waals surface area contributed by atoms with E-state index in [0.29, 0.717) is 31.1 Å². The average Bonchev–Trinajstić information content (AvgIpc) is 3.33. The van der Waals surface area contributed by atoms with Gasteiger partial charge < -0.3 is 19.7 Å². The van der Waals surface area contributed by atoms with E-state index in [-0.39, 0.29) is 17.4 Å². The van der Waals surface area contributed by atoms with Crippen molar-refractivity contribution in [1.29, 1.82) is 0 Å². The number of allylic oxidation sites excluding steroid dienone is 1. The number of aryl methyl sites for hydroxylation is 4. The van der Waals surface area contributed by atoms with Crippen molar-refractivity contribution in [3.05, 3.63) is 181 Å². The molecule has 4 nitrogen and oxygen atoms in total. The van der Waals surface area contributed by atoms with Crippen molar-refractivity contribution in [1.82, 2.24) is 0 Å². The Hall–Kier alpha value is -6.78. The molecule has 1 unspecified atom stereocenters. The van der Waals surface area contributed by atoms with Gasteiger partial charge in [-0.1, -0.05) is 161 Å². The molecule has 1 atom stereocenters. The van der Waals surface area contributed by atoms with Gasteiger partial charge in [-0.2, -0.15) is 0 Å². The van der Waals surface area contributed by atoms with Gasteiger partial charge >= 0.3 is 0 Å². The molecule has 0 spiro atoms. The topological polar surface area (TPSA) is 58.9 Å². The zero-order chi connectivity index (χ0) is 45.3. The van der Waals surface area contributed by atoms with Gasteiger partial charge in [0.25, 0.3) is 0 Å². The van der Waals surface area contributed by atoms with Crippen LogP contribution in [0.5, 0.6) is 23.0 Å². The molecule has 8 aromatic rings. The summed E-state index contributed by atoms with van der Waals surface area (Å²) in [5.74, 6) is 1.87. The van der Waals surface area contributed by atoms with Crippen molar-refractivity contribution in [3.8, 4) is 67.5 Å². The molecular formula is C61H62O4. The van der Waals surface area contributed by atoms with Crippen molar-refractivity contribution in [3.63, 3.8) is 0 Å². The van der Waals surface area contributed by atoms with Crippen LogP contribution in [0.25, 0.3) is 66.1 Å². The van der Waals surface area contributed by atoms with Gasteiger partial charge in [0.15, 0.2) is 0 Å². The van der Waals surface area contributed by atoms with Gasteiger partial charge in [-0.25, -0.2) is 0 Å². The molecule has 0 aromatic heterocycles. The van der Waals surface area contributed by atoms with Gasteiger partial charge in [0.1, 0.15) is 23.0 Å². The van der Waals surface area contributed by atoms with E-state index in [1.54, 1.807) is 0 Å². The molecular weight excluding hydrogens is 797 g/mol. The average molecular weight is 859 g/mol. The third kappa shape index (κ3) is 9.83. The standard InChI is InChI=1S/C61H62O4/c1-6-9-11-20-44-32-36-57(55(38-44)51-26-17-28-53(61(51)63)59-42(5)30-34-47-22-13-15-24-49(47)59)65-40-45(18-8-3)39-64-56-35-31-43(19-10-7-2)37-54(56)50-25-16-27-52(60(50)62)58-41(4)29-33-46-21-12-14-23-48(46)58/h8,12-17,21-38,45,62-63H,3,6-7,9-11,18-20,39-40H2,1-2,4-5H3. The second kappa shape index (κ2) is 20.8. The fourth-order valence-electron chi connectivity index (χ4n) is 9.33. The Morgan fingerprint density at radius 3 is 1.43 bits per heavy atom. The highest BCUT2D eigenvalue weighted by atomic mass is 16.5. The largest absolute Gasteiger partial charge is 0.507 e. The predicted molar refractivity (Wildman–Crippen MR) is 274 cm³/mol. The predicted octanol–water partition coefficient (Wildman–Crippen LogP) is 16.4. The van der Waals surface area contributed by atoms with E-state index in [1.165, 1.54) is 11.1 Å². The van der Waals surface area contributed by atoms with Crippen LogP contribution in [0.3, 0.4) is 0 Å². The summed E-state index contributed by atoms with van der Waals surface area (Å²) in [6, 6.07) is 50.2. The molecule has 0 bridgehead atoms. The summed E-state index contributed by atoms with van der Waals surface area (Å²) < 4.78 is 13.6. The highest BCUT2D eigenvalue weighted by Gasteiger charge is 2.22. The van der Waals surface area contributed by atoms with Crippen molar-refractivity contribution < 1.29 is 19.7 Å². The van der Waals surface area contributed by atoms with Crippen LogP contribution in [0.4, 0.5) is 0 Å². The fourth-order valence-corrected chi connectivity index (χ4v) is 9.33. The number of para-hydroxylation sites is 2. The number of unbranched alkanes of at least 4 members (excludes halogenated alkanes) is 3. The molecule has 0 aliphatic carbocycles. The molecule has 330 valence electrons. The summed E-state index contributed by atoms with van der Waals surface area (Å²) in [6.45, 7) is 13.5. The number of ether oxygens (including phenoxy) is 2. The summed E-state index contributed by atoms with van der Waals surface area (Å²) in [6.07, 6.45) is 10.1. The first-order valence-electron chi connectivity index (χ1n) is 23.5. The quantitative estimate of drug-likeness (QED) is 0.0628. The Bertz CT molecular complexity index is 2940. The lowest BCUT2D eigenvalue weighted by molar-refractivity contribution is 0.179. The maximum absolute atomic E-state index is 12.2. The molecule has 0 saturated heterocycles. The Labute approximate surface area is 385 Å². The molecule has 8 rings (SSSR count). The highest BCUT2D eigenvalue weighted by Crippen LogP contribution is 2.47. The van der Waals surface area contributed by atoms with Crippen molar-refractivity contribution in [2.45, 2.75) is 79.1 Å². The molecule has 0 heterocycles. The van der Waals surface area contributed by atoms with Crippen LogP contribution in [0.2, 0.25) is 0 Å². The van der Waals surface area contributed by atoms with Gasteiger partial charge in [-0.3, -0.25) is 0 Å². The Balaban J connectivity index is 1.11. The number of rotatable bonds is 19. The molecule has 2 N–H and O–H groups in total. The molecule has 0 aliphatic rings. The highest BCUT2D eigenvalue weighted by molar-refractivity contribution is 6.02. The Morgan fingerprint density at radius 1 is 0.492 bits per heavy atom. The van der Waals surface area contributed by atoms with Crippen LogP contribution in [0.1, 0.15) is 74.6 Å². The molecule has 0 saturated carbocycles. The van der Waals surface area contributed by atoms with Crippen molar-refractivity contribution in [2.75, 3.05) is 13.2 Å². The number of fused-ring (bicyclic) bond motifs is 2. The van der Waals surface area contributed by atoms with Crippen molar-refractivity contribution >= 4 is 21.5 Å². The van der Waals surface area contributed by atoms with Crippen LogP contribution >= 0.6 is 0 Å². The first-order valence-corrected chi connectivity index (χ1v) is 23.5. The SMILES string of the molecule is C=CCC(COc1ccc(CCCC)cc1-c1cccc(-c2c(C)ccc3ccccc23)c1O)COc1ccc(CCCCC)cc1-c1cccc(-c2c(C)ccc3ccccc23)c1O. The number of hydrogen-bond acceptors (Lipinski definition) is 4. The summed E-state index contributed by atoms with van der Waals surface area (Å²) in [7, 11) is 0.